The Balaban J connectivity index is 1.87. The van der Waals surface area contributed by atoms with Gasteiger partial charge >= 0.3 is 0 Å². The van der Waals surface area contributed by atoms with E-state index in [0.29, 0.717) is 18.6 Å². The Morgan fingerprint density at radius 1 is 1.04 bits per heavy atom. The summed E-state index contributed by atoms with van der Waals surface area (Å²) in [6.07, 6.45) is -5.80. The highest BCUT2D eigenvalue weighted by atomic mass is 16.5. The summed E-state index contributed by atoms with van der Waals surface area (Å²) in [4.78, 5) is 12.3. The molecule has 0 saturated heterocycles. The zero-order valence-corrected chi connectivity index (χ0v) is 14.0. The van der Waals surface area contributed by atoms with Gasteiger partial charge in [-0.1, -0.05) is 6.07 Å². The monoisotopic (exact) mass is 364 g/mol. The summed E-state index contributed by atoms with van der Waals surface area (Å²) in [6.45, 7) is 0. The first-order valence-electron chi connectivity index (χ1n) is 8.08. The molecule has 0 aliphatic heterocycles. The fraction of sp³-hybridized carbons (Fsp3) is 0.389. The van der Waals surface area contributed by atoms with Crippen molar-refractivity contribution in [2.75, 3.05) is 7.11 Å². The Labute approximate surface area is 148 Å². The molecule has 8 nitrogen and oxygen atoms in total. The van der Waals surface area contributed by atoms with Gasteiger partial charge in [-0.25, -0.2) is 0 Å². The van der Waals surface area contributed by atoms with Crippen LogP contribution in [0.15, 0.2) is 33.5 Å². The number of phenols is 1. The van der Waals surface area contributed by atoms with Crippen LogP contribution >= 0.6 is 0 Å². The first-order chi connectivity index (χ1) is 12.3. The highest BCUT2D eigenvalue weighted by Gasteiger charge is 2.43. The van der Waals surface area contributed by atoms with Crippen LogP contribution in [0, 0.1) is 0 Å². The molecule has 0 spiro atoms. The summed E-state index contributed by atoms with van der Waals surface area (Å²) < 4.78 is 10.6. The van der Waals surface area contributed by atoms with Gasteiger partial charge in [0, 0.05) is 12.5 Å². The van der Waals surface area contributed by atoms with Crippen LogP contribution in [0.25, 0.3) is 0 Å². The molecule has 3 rings (SSSR count). The van der Waals surface area contributed by atoms with Crippen LogP contribution in [-0.2, 0) is 12.8 Å². The summed E-state index contributed by atoms with van der Waals surface area (Å²) in [5, 5.41) is 49.1. The highest BCUT2D eigenvalue weighted by molar-refractivity contribution is 5.42. The second-order valence-corrected chi connectivity index (χ2v) is 6.23. The number of phenolic OH excluding ortho intramolecular Hbond substituents is 1. The van der Waals surface area contributed by atoms with E-state index in [-0.39, 0.29) is 22.8 Å². The molecule has 0 unspecified atom stereocenters. The van der Waals surface area contributed by atoms with Crippen molar-refractivity contribution in [2.45, 2.75) is 37.3 Å². The zero-order valence-electron chi connectivity index (χ0n) is 14.0. The van der Waals surface area contributed by atoms with E-state index in [1.807, 2.05) is 0 Å². The molecule has 0 amide bonds. The maximum Gasteiger partial charge on any atom is 0.191 e. The molecule has 8 heteroatoms. The maximum absolute atomic E-state index is 12.3. The van der Waals surface area contributed by atoms with Crippen LogP contribution in [0.1, 0.15) is 34.9 Å². The Bertz CT molecular complexity index is 859. The van der Waals surface area contributed by atoms with Gasteiger partial charge in [0.1, 0.15) is 35.9 Å². The number of aryl methyl sites for hydroxylation is 2. The largest absolute Gasteiger partial charge is 0.504 e. The number of hydrogen-bond acceptors (Lipinski definition) is 8. The minimum Gasteiger partial charge on any atom is -0.504 e. The van der Waals surface area contributed by atoms with Crippen LogP contribution < -0.4 is 10.2 Å². The molecule has 0 bridgehead atoms. The van der Waals surface area contributed by atoms with Crippen molar-refractivity contribution in [3.05, 3.63) is 57.1 Å². The average Bonchev–Trinajstić information content (AvgIpc) is 2.63. The zero-order chi connectivity index (χ0) is 19.0. The molecule has 1 aromatic carbocycles. The molecule has 4 atom stereocenters. The summed E-state index contributed by atoms with van der Waals surface area (Å²) in [7, 11) is 1.44. The Morgan fingerprint density at radius 2 is 1.73 bits per heavy atom. The number of aromatic hydroxyl groups is 1. The van der Waals surface area contributed by atoms with E-state index in [1.54, 1.807) is 12.1 Å². The van der Waals surface area contributed by atoms with Crippen LogP contribution in [-0.4, -0.2) is 44.9 Å². The number of rotatable bonds is 4. The Kier molecular flexibility index (Phi) is 5.01. The average molecular weight is 364 g/mol. The second-order valence-electron chi connectivity index (χ2n) is 6.23. The lowest BCUT2D eigenvalue weighted by Crippen LogP contribution is -2.44. The number of aliphatic hydroxyl groups is 4. The number of aliphatic hydroxyl groups excluding tert-OH is 4. The van der Waals surface area contributed by atoms with Gasteiger partial charge in [0.25, 0.3) is 0 Å². The van der Waals surface area contributed by atoms with Gasteiger partial charge in [-0.15, -0.1) is 0 Å². The number of hydrogen-bond donors (Lipinski definition) is 5. The van der Waals surface area contributed by atoms with E-state index < -0.39 is 29.8 Å². The van der Waals surface area contributed by atoms with Gasteiger partial charge < -0.3 is 34.7 Å². The van der Waals surface area contributed by atoms with Crippen molar-refractivity contribution in [1.29, 1.82) is 0 Å². The third-order valence-electron chi connectivity index (χ3n) is 4.53. The van der Waals surface area contributed by atoms with Crippen molar-refractivity contribution < 1.29 is 34.7 Å². The standard InChI is InChI=1S/C18H20O8/c1-25-12-6-8(3-5-10(12)19)2-4-9-7-11(20)13-14(21)15(22)16(23)17(24)18(13)26-9/h3,5-7,14-17,19,21-24H,2,4H2,1H3/t14-,15+,16+,17-/m1/s1. The number of ether oxygens (including phenoxy) is 1. The van der Waals surface area contributed by atoms with Gasteiger partial charge in [0.15, 0.2) is 16.9 Å². The van der Waals surface area contributed by atoms with Crippen molar-refractivity contribution in [3.63, 3.8) is 0 Å². The van der Waals surface area contributed by atoms with Gasteiger partial charge in [-0.2, -0.15) is 0 Å². The van der Waals surface area contributed by atoms with Gasteiger partial charge in [-0.05, 0) is 24.1 Å². The van der Waals surface area contributed by atoms with Crippen LogP contribution in [0.4, 0.5) is 0 Å². The summed E-state index contributed by atoms with van der Waals surface area (Å²) >= 11 is 0. The van der Waals surface area contributed by atoms with E-state index in [1.165, 1.54) is 19.2 Å². The minimum absolute atomic E-state index is 0.0150. The number of methoxy groups -OCH3 is 1. The predicted molar refractivity (Wildman–Crippen MR) is 89.0 cm³/mol. The van der Waals surface area contributed by atoms with E-state index >= 15 is 0 Å². The van der Waals surface area contributed by atoms with Gasteiger partial charge in [0.2, 0.25) is 0 Å². The number of fused-ring (bicyclic) bond motifs is 1. The molecule has 140 valence electrons. The fourth-order valence-corrected chi connectivity index (χ4v) is 3.05. The third kappa shape index (κ3) is 3.19. The molecule has 5 N–H and O–H groups in total. The van der Waals surface area contributed by atoms with Gasteiger partial charge in [0.05, 0.1) is 12.7 Å². The lowest BCUT2D eigenvalue weighted by Gasteiger charge is -2.32. The van der Waals surface area contributed by atoms with Crippen LogP contribution in [0.5, 0.6) is 11.5 Å². The SMILES string of the molecule is COc1cc(CCc2cc(=O)c3c(o2)[C@H](O)[C@@H](O)[C@@H](O)[C@@H]3O)ccc1O. The quantitative estimate of drug-likeness (QED) is 0.508. The van der Waals surface area contributed by atoms with Gasteiger partial charge in [-0.3, -0.25) is 4.79 Å². The van der Waals surface area contributed by atoms with Crippen molar-refractivity contribution in [2.24, 2.45) is 0 Å². The molecule has 1 heterocycles. The molecular formula is C18H20O8. The molecule has 1 aliphatic rings. The number of benzene rings is 1. The van der Waals surface area contributed by atoms with E-state index in [2.05, 4.69) is 0 Å². The molecule has 0 fully saturated rings. The predicted octanol–water partition coefficient (Wildman–Crippen LogP) is -0.0586. The third-order valence-corrected chi connectivity index (χ3v) is 4.53. The van der Waals surface area contributed by atoms with E-state index in [0.717, 1.165) is 5.56 Å². The summed E-state index contributed by atoms with van der Waals surface area (Å²) in [6, 6.07) is 6.05. The van der Waals surface area contributed by atoms with E-state index in [9.17, 15) is 30.3 Å². The topological polar surface area (TPSA) is 141 Å². The van der Waals surface area contributed by atoms with Crippen LogP contribution in [0.3, 0.4) is 0 Å². The lowest BCUT2D eigenvalue weighted by molar-refractivity contribution is -0.128. The molecule has 2 aromatic rings. The summed E-state index contributed by atoms with van der Waals surface area (Å²) in [5.41, 5.74) is 0.00319. The van der Waals surface area contributed by atoms with Crippen molar-refractivity contribution in [1.82, 2.24) is 0 Å². The Hall–Kier alpha value is -2.39. The van der Waals surface area contributed by atoms with Crippen molar-refractivity contribution in [3.8, 4) is 11.5 Å². The molecule has 0 radical (unpaired) electrons. The van der Waals surface area contributed by atoms with Crippen LogP contribution in [0.2, 0.25) is 0 Å². The highest BCUT2D eigenvalue weighted by Crippen LogP contribution is 2.35. The lowest BCUT2D eigenvalue weighted by atomic mass is 9.87. The second kappa shape index (κ2) is 7.08. The molecule has 1 aliphatic carbocycles. The molecular weight excluding hydrogens is 344 g/mol. The first-order valence-corrected chi connectivity index (χ1v) is 8.08. The smallest absolute Gasteiger partial charge is 0.191 e. The maximum atomic E-state index is 12.3. The molecule has 26 heavy (non-hydrogen) atoms. The Morgan fingerprint density at radius 3 is 2.42 bits per heavy atom. The summed E-state index contributed by atoms with van der Waals surface area (Å²) in [5.74, 6) is 0.364. The fourth-order valence-electron chi connectivity index (χ4n) is 3.05. The molecule has 1 aromatic heterocycles. The normalized spacial score (nSPS) is 25.0. The van der Waals surface area contributed by atoms with Crippen molar-refractivity contribution >= 4 is 0 Å². The minimum atomic E-state index is -1.67. The first kappa shape index (κ1) is 18.4. The van der Waals surface area contributed by atoms with E-state index in [4.69, 9.17) is 9.15 Å². The molecule has 0 saturated carbocycles.